The van der Waals surface area contributed by atoms with E-state index in [0.717, 1.165) is 0 Å². The SMILES string of the molecule is CCOC(=O)c1ccccc1C(=O)O.[LiH]. The average molecular weight is 202 g/mol. The van der Waals surface area contributed by atoms with Gasteiger partial charge in [-0.05, 0) is 19.1 Å². The summed E-state index contributed by atoms with van der Waals surface area (Å²) in [5.74, 6) is -1.74. The van der Waals surface area contributed by atoms with Gasteiger partial charge in [-0.15, -0.1) is 0 Å². The van der Waals surface area contributed by atoms with Gasteiger partial charge in [0.2, 0.25) is 0 Å². The maximum absolute atomic E-state index is 11.3. The van der Waals surface area contributed by atoms with Gasteiger partial charge in [0, 0.05) is 0 Å². The van der Waals surface area contributed by atoms with E-state index in [4.69, 9.17) is 9.84 Å². The van der Waals surface area contributed by atoms with Crippen molar-refractivity contribution in [1.29, 1.82) is 0 Å². The molecule has 0 aliphatic carbocycles. The van der Waals surface area contributed by atoms with Crippen LogP contribution in [0.2, 0.25) is 0 Å². The van der Waals surface area contributed by atoms with Crippen LogP contribution in [-0.2, 0) is 4.74 Å². The van der Waals surface area contributed by atoms with Crippen LogP contribution in [0.1, 0.15) is 27.6 Å². The van der Waals surface area contributed by atoms with Gasteiger partial charge in [0.25, 0.3) is 0 Å². The predicted octanol–water partition coefficient (Wildman–Crippen LogP) is 0.913. The number of aromatic carboxylic acids is 1. The Hall–Kier alpha value is -1.24. The first-order chi connectivity index (χ1) is 6.66. The van der Waals surface area contributed by atoms with E-state index in [1.54, 1.807) is 19.1 Å². The van der Waals surface area contributed by atoms with E-state index in [-0.39, 0.29) is 36.6 Å². The van der Waals surface area contributed by atoms with E-state index in [1.807, 2.05) is 0 Å². The van der Waals surface area contributed by atoms with Crippen molar-refractivity contribution in [3.63, 3.8) is 0 Å². The summed E-state index contributed by atoms with van der Waals surface area (Å²) in [6.07, 6.45) is 0. The standard InChI is InChI=1S/C10H10O4.Li.H/c1-2-14-10(13)8-6-4-3-5-7(8)9(11)12;;/h3-6H,2H2,1H3,(H,11,12);;. The van der Waals surface area contributed by atoms with Gasteiger partial charge in [-0.3, -0.25) is 0 Å². The third-order valence-electron chi connectivity index (χ3n) is 1.65. The first-order valence-corrected chi connectivity index (χ1v) is 4.16. The van der Waals surface area contributed by atoms with Crippen molar-refractivity contribution in [3.8, 4) is 0 Å². The van der Waals surface area contributed by atoms with Gasteiger partial charge < -0.3 is 9.84 Å². The van der Waals surface area contributed by atoms with Crippen LogP contribution in [0.15, 0.2) is 24.3 Å². The van der Waals surface area contributed by atoms with Crippen molar-refractivity contribution < 1.29 is 19.4 Å². The van der Waals surface area contributed by atoms with E-state index >= 15 is 0 Å². The molecule has 0 atom stereocenters. The van der Waals surface area contributed by atoms with Crippen LogP contribution in [0.5, 0.6) is 0 Å². The molecule has 0 fully saturated rings. The number of benzene rings is 1. The van der Waals surface area contributed by atoms with Crippen LogP contribution < -0.4 is 0 Å². The molecule has 1 N–H and O–H groups in total. The molecule has 0 heterocycles. The Morgan fingerprint density at radius 2 is 1.80 bits per heavy atom. The van der Waals surface area contributed by atoms with Gasteiger partial charge in [-0.25, -0.2) is 9.59 Å². The van der Waals surface area contributed by atoms with E-state index in [0.29, 0.717) is 0 Å². The van der Waals surface area contributed by atoms with Crippen LogP contribution in [-0.4, -0.2) is 42.5 Å². The topological polar surface area (TPSA) is 63.6 Å². The molecule has 1 aromatic rings. The van der Waals surface area contributed by atoms with Crippen molar-refractivity contribution in [2.24, 2.45) is 0 Å². The molecular weight excluding hydrogens is 191 g/mol. The first kappa shape index (κ1) is 13.8. The molecule has 5 heteroatoms. The number of esters is 1. The van der Waals surface area contributed by atoms with Gasteiger partial charge >= 0.3 is 30.8 Å². The number of ether oxygens (including phenoxy) is 1. The summed E-state index contributed by atoms with van der Waals surface area (Å²) in [6, 6.07) is 5.96. The predicted molar refractivity (Wildman–Crippen MR) is 56.5 cm³/mol. The molecule has 0 unspecified atom stereocenters. The number of carbonyl (C=O) groups excluding carboxylic acids is 1. The summed E-state index contributed by atoms with van der Waals surface area (Å²) < 4.78 is 4.72. The normalized spacial score (nSPS) is 8.87. The molecule has 4 nitrogen and oxygen atoms in total. The Labute approximate surface area is 99.4 Å². The van der Waals surface area contributed by atoms with E-state index < -0.39 is 11.9 Å². The number of hydrogen-bond donors (Lipinski definition) is 1. The molecule has 0 aliphatic heterocycles. The summed E-state index contributed by atoms with van der Waals surface area (Å²) >= 11 is 0. The second-order valence-electron chi connectivity index (χ2n) is 2.57. The van der Waals surface area contributed by atoms with Gasteiger partial charge in [-0.2, -0.15) is 0 Å². The summed E-state index contributed by atoms with van der Waals surface area (Å²) in [7, 11) is 0. The number of rotatable bonds is 3. The van der Waals surface area contributed by atoms with Crippen molar-refractivity contribution in [2.45, 2.75) is 6.92 Å². The first-order valence-electron chi connectivity index (χ1n) is 4.16. The summed E-state index contributed by atoms with van der Waals surface area (Å²) in [5, 5.41) is 8.77. The molecule has 0 bridgehead atoms. The van der Waals surface area contributed by atoms with E-state index in [2.05, 4.69) is 0 Å². The number of carboxylic acid groups (broad SMARTS) is 1. The molecule has 0 aromatic heterocycles. The number of carboxylic acids is 1. The summed E-state index contributed by atoms with van der Waals surface area (Å²) in [5.41, 5.74) is 0.0489. The number of carbonyl (C=O) groups is 2. The van der Waals surface area contributed by atoms with Crippen molar-refractivity contribution in [3.05, 3.63) is 35.4 Å². The van der Waals surface area contributed by atoms with Gasteiger partial charge in [-0.1, -0.05) is 12.1 Å². The Bertz CT molecular complexity index is 362. The van der Waals surface area contributed by atoms with Gasteiger partial charge in [0.15, 0.2) is 0 Å². The zero-order valence-corrected chi connectivity index (χ0v) is 7.69. The third-order valence-corrected chi connectivity index (χ3v) is 1.65. The Kier molecular flexibility index (Phi) is 5.76. The molecular formula is C10H11LiO4. The fourth-order valence-electron chi connectivity index (χ4n) is 1.06. The average Bonchev–Trinajstić information content (AvgIpc) is 2.18. The minimum absolute atomic E-state index is 0. The van der Waals surface area contributed by atoms with Crippen molar-refractivity contribution in [2.75, 3.05) is 6.61 Å². The maximum atomic E-state index is 11.3. The monoisotopic (exact) mass is 202 g/mol. The van der Waals surface area contributed by atoms with Crippen molar-refractivity contribution in [1.82, 2.24) is 0 Å². The van der Waals surface area contributed by atoms with Crippen LogP contribution >= 0.6 is 0 Å². The Morgan fingerprint density at radius 1 is 1.27 bits per heavy atom. The number of hydrogen-bond acceptors (Lipinski definition) is 3. The molecule has 0 aliphatic rings. The van der Waals surface area contributed by atoms with Crippen LogP contribution in [0.4, 0.5) is 0 Å². The zero-order valence-electron chi connectivity index (χ0n) is 7.69. The molecule has 0 amide bonds. The molecule has 0 saturated heterocycles. The zero-order chi connectivity index (χ0) is 10.6. The Morgan fingerprint density at radius 3 is 2.27 bits per heavy atom. The fourth-order valence-corrected chi connectivity index (χ4v) is 1.06. The van der Waals surface area contributed by atoms with Gasteiger partial charge in [0.05, 0.1) is 17.7 Å². The second-order valence-corrected chi connectivity index (χ2v) is 2.57. The van der Waals surface area contributed by atoms with Crippen LogP contribution in [0.25, 0.3) is 0 Å². The Balaban J connectivity index is 0.00000196. The van der Waals surface area contributed by atoms with Crippen molar-refractivity contribution >= 4 is 30.8 Å². The van der Waals surface area contributed by atoms with E-state index in [9.17, 15) is 9.59 Å². The molecule has 76 valence electrons. The van der Waals surface area contributed by atoms with Crippen LogP contribution in [0.3, 0.4) is 0 Å². The molecule has 15 heavy (non-hydrogen) atoms. The second kappa shape index (κ2) is 6.28. The summed E-state index contributed by atoms with van der Waals surface area (Å²) in [4.78, 5) is 22.0. The molecule has 1 rings (SSSR count). The minimum atomic E-state index is -1.13. The quantitative estimate of drug-likeness (QED) is 0.584. The molecule has 0 radical (unpaired) electrons. The summed E-state index contributed by atoms with van der Waals surface area (Å²) in [6.45, 7) is 1.90. The van der Waals surface area contributed by atoms with Gasteiger partial charge in [0.1, 0.15) is 0 Å². The molecule has 0 spiro atoms. The molecule has 0 saturated carbocycles. The fraction of sp³-hybridized carbons (Fsp3) is 0.200. The third kappa shape index (κ3) is 3.43. The van der Waals surface area contributed by atoms with E-state index in [1.165, 1.54) is 12.1 Å². The molecule has 1 aromatic carbocycles. The van der Waals surface area contributed by atoms with Crippen LogP contribution in [0, 0.1) is 0 Å².